The highest BCUT2D eigenvalue weighted by Gasteiger charge is 2.08. The summed E-state index contributed by atoms with van der Waals surface area (Å²) >= 11 is 0. The highest BCUT2D eigenvalue weighted by atomic mass is 127. The SMILES string of the molecule is CCNC(=NCCC(=O)N(CC)CC)NCCOc1ccccc1.I. The lowest BCUT2D eigenvalue weighted by Gasteiger charge is -2.18. The van der Waals surface area contributed by atoms with Gasteiger partial charge in [-0.1, -0.05) is 18.2 Å². The topological polar surface area (TPSA) is 66.0 Å². The van der Waals surface area contributed by atoms with Crippen LogP contribution in [-0.2, 0) is 4.79 Å². The lowest BCUT2D eigenvalue weighted by molar-refractivity contribution is -0.130. The highest BCUT2D eigenvalue weighted by molar-refractivity contribution is 14.0. The van der Waals surface area contributed by atoms with E-state index in [9.17, 15) is 4.79 Å². The Kier molecular flexibility index (Phi) is 13.9. The van der Waals surface area contributed by atoms with Crippen molar-refractivity contribution >= 4 is 35.8 Å². The number of guanidine groups is 1. The summed E-state index contributed by atoms with van der Waals surface area (Å²) < 4.78 is 5.63. The standard InChI is InChI=1S/C18H30N4O2.HI/c1-4-19-18(20-13-12-17(23)22(5-2)6-3)21-14-15-24-16-10-8-7-9-11-16;/h7-11H,4-6,12-15H2,1-3H3,(H2,19,20,21);1H. The van der Waals surface area contributed by atoms with Gasteiger partial charge in [0.15, 0.2) is 5.96 Å². The number of aliphatic imine (C=N–C) groups is 1. The molecule has 0 heterocycles. The van der Waals surface area contributed by atoms with Crippen LogP contribution in [0.1, 0.15) is 27.2 Å². The van der Waals surface area contributed by atoms with Gasteiger partial charge in [0, 0.05) is 26.1 Å². The zero-order valence-corrected chi connectivity index (χ0v) is 17.8. The normalized spacial score (nSPS) is 10.6. The number of nitrogens with zero attached hydrogens (tertiary/aromatic N) is 2. The number of halogens is 1. The number of hydrogen-bond acceptors (Lipinski definition) is 3. The highest BCUT2D eigenvalue weighted by Crippen LogP contribution is 2.07. The molecule has 7 heteroatoms. The molecule has 1 aromatic rings. The second-order valence-corrected chi connectivity index (χ2v) is 5.16. The molecule has 1 amide bonds. The Morgan fingerprint density at radius 3 is 2.40 bits per heavy atom. The van der Waals surface area contributed by atoms with Gasteiger partial charge in [0.05, 0.1) is 13.1 Å². The van der Waals surface area contributed by atoms with Crippen molar-refractivity contribution in [2.24, 2.45) is 4.99 Å². The minimum absolute atomic E-state index is 0. The molecule has 2 N–H and O–H groups in total. The number of nitrogens with one attached hydrogen (secondary N) is 2. The van der Waals surface area contributed by atoms with Gasteiger partial charge in [-0.05, 0) is 32.9 Å². The van der Waals surface area contributed by atoms with Crippen molar-refractivity contribution in [2.75, 3.05) is 39.3 Å². The minimum Gasteiger partial charge on any atom is -0.492 e. The maximum Gasteiger partial charge on any atom is 0.224 e. The van der Waals surface area contributed by atoms with Crippen molar-refractivity contribution in [2.45, 2.75) is 27.2 Å². The van der Waals surface area contributed by atoms with Gasteiger partial charge in [0.25, 0.3) is 0 Å². The van der Waals surface area contributed by atoms with Crippen molar-refractivity contribution in [1.82, 2.24) is 15.5 Å². The molecule has 6 nitrogen and oxygen atoms in total. The van der Waals surface area contributed by atoms with Crippen LogP contribution in [0.4, 0.5) is 0 Å². The van der Waals surface area contributed by atoms with Crippen molar-refractivity contribution in [3.63, 3.8) is 0 Å². The van der Waals surface area contributed by atoms with E-state index in [0.717, 1.165) is 25.4 Å². The van der Waals surface area contributed by atoms with Crippen LogP contribution < -0.4 is 15.4 Å². The summed E-state index contributed by atoms with van der Waals surface area (Å²) in [5.41, 5.74) is 0. The quantitative estimate of drug-likeness (QED) is 0.243. The van der Waals surface area contributed by atoms with Crippen LogP contribution in [0.2, 0.25) is 0 Å². The van der Waals surface area contributed by atoms with E-state index in [1.54, 1.807) is 0 Å². The first-order valence-electron chi connectivity index (χ1n) is 8.69. The maximum atomic E-state index is 12.0. The Balaban J connectivity index is 0.00000576. The summed E-state index contributed by atoms with van der Waals surface area (Å²) in [7, 11) is 0. The van der Waals surface area contributed by atoms with Crippen LogP contribution in [0.15, 0.2) is 35.3 Å². The van der Waals surface area contributed by atoms with Crippen molar-refractivity contribution < 1.29 is 9.53 Å². The maximum absolute atomic E-state index is 12.0. The number of para-hydroxylation sites is 1. The molecule has 0 saturated heterocycles. The first-order chi connectivity index (χ1) is 11.7. The van der Waals surface area contributed by atoms with Gasteiger partial charge in [0.1, 0.15) is 12.4 Å². The molecule has 25 heavy (non-hydrogen) atoms. The van der Waals surface area contributed by atoms with Gasteiger partial charge in [-0.2, -0.15) is 0 Å². The molecular weight excluding hydrogens is 431 g/mol. The fourth-order valence-corrected chi connectivity index (χ4v) is 2.19. The smallest absolute Gasteiger partial charge is 0.224 e. The third-order valence-electron chi connectivity index (χ3n) is 3.46. The van der Waals surface area contributed by atoms with Crippen LogP contribution in [-0.4, -0.2) is 56.1 Å². The number of carbonyl (C=O) groups is 1. The predicted octanol–water partition coefficient (Wildman–Crippen LogP) is 2.50. The van der Waals surface area contributed by atoms with Crippen LogP contribution >= 0.6 is 24.0 Å². The molecule has 0 aliphatic carbocycles. The summed E-state index contributed by atoms with van der Waals surface area (Å²) in [4.78, 5) is 18.2. The molecule has 1 aromatic carbocycles. The summed E-state index contributed by atoms with van der Waals surface area (Å²) in [6.45, 7) is 9.92. The van der Waals surface area contributed by atoms with Gasteiger partial charge in [-0.15, -0.1) is 24.0 Å². The zero-order chi connectivity index (χ0) is 17.6. The summed E-state index contributed by atoms with van der Waals surface area (Å²) in [5.74, 6) is 1.71. The van der Waals surface area contributed by atoms with E-state index in [1.165, 1.54) is 0 Å². The molecule has 0 radical (unpaired) electrons. The van der Waals surface area contributed by atoms with Crippen molar-refractivity contribution in [3.05, 3.63) is 30.3 Å². The van der Waals surface area contributed by atoms with Gasteiger partial charge < -0.3 is 20.3 Å². The van der Waals surface area contributed by atoms with Gasteiger partial charge in [0.2, 0.25) is 5.91 Å². The average Bonchev–Trinajstić information content (AvgIpc) is 2.60. The third-order valence-corrected chi connectivity index (χ3v) is 3.46. The summed E-state index contributed by atoms with van der Waals surface area (Å²) in [6, 6.07) is 9.71. The van der Waals surface area contributed by atoms with Crippen LogP contribution in [0.5, 0.6) is 5.75 Å². The van der Waals surface area contributed by atoms with E-state index in [0.29, 0.717) is 32.1 Å². The van der Waals surface area contributed by atoms with Crippen LogP contribution in [0, 0.1) is 0 Å². The molecule has 0 spiro atoms. The number of carbonyl (C=O) groups excluding carboxylic acids is 1. The van der Waals surface area contributed by atoms with E-state index < -0.39 is 0 Å². The molecule has 0 unspecified atom stereocenters. The molecule has 0 aliphatic heterocycles. The number of rotatable bonds is 10. The molecular formula is C18H31IN4O2. The zero-order valence-electron chi connectivity index (χ0n) is 15.5. The monoisotopic (exact) mass is 462 g/mol. The Morgan fingerprint density at radius 1 is 1.12 bits per heavy atom. The van der Waals surface area contributed by atoms with E-state index in [-0.39, 0.29) is 29.9 Å². The molecule has 1 rings (SSSR count). The Hall–Kier alpha value is -1.51. The van der Waals surface area contributed by atoms with E-state index in [2.05, 4.69) is 15.6 Å². The summed E-state index contributed by atoms with van der Waals surface area (Å²) in [6.07, 6.45) is 0.429. The molecule has 0 atom stereocenters. The Bertz CT molecular complexity index is 493. The van der Waals surface area contributed by atoms with Gasteiger partial charge >= 0.3 is 0 Å². The molecule has 0 saturated carbocycles. The predicted molar refractivity (Wildman–Crippen MR) is 114 cm³/mol. The molecule has 0 aliphatic rings. The summed E-state index contributed by atoms with van der Waals surface area (Å²) in [5, 5.41) is 6.38. The first kappa shape index (κ1) is 23.5. The number of hydrogen-bond donors (Lipinski definition) is 2. The lowest BCUT2D eigenvalue weighted by atomic mass is 10.3. The van der Waals surface area contributed by atoms with Gasteiger partial charge in [-0.25, -0.2) is 0 Å². The van der Waals surface area contributed by atoms with Gasteiger partial charge in [-0.3, -0.25) is 9.79 Å². The second-order valence-electron chi connectivity index (χ2n) is 5.16. The van der Waals surface area contributed by atoms with Crippen LogP contribution in [0.3, 0.4) is 0 Å². The van der Waals surface area contributed by atoms with Crippen LogP contribution in [0.25, 0.3) is 0 Å². The lowest BCUT2D eigenvalue weighted by Crippen LogP contribution is -2.39. The fraction of sp³-hybridized carbons (Fsp3) is 0.556. The second kappa shape index (κ2) is 14.8. The number of ether oxygens (including phenoxy) is 1. The Morgan fingerprint density at radius 2 is 1.80 bits per heavy atom. The van der Waals surface area contributed by atoms with E-state index in [1.807, 2.05) is 56.0 Å². The van der Waals surface area contributed by atoms with E-state index >= 15 is 0 Å². The molecule has 0 aromatic heterocycles. The van der Waals surface area contributed by atoms with Crippen molar-refractivity contribution in [3.8, 4) is 5.75 Å². The number of benzene rings is 1. The molecule has 0 fully saturated rings. The molecule has 0 bridgehead atoms. The number of amides is 1. The third kappa shape index (κ3) is 10.2. The van der Waals surface area contributed by atoms with E-state index in [4.69, 9.17) is 4.74 Å². The Labute approximate surface area is 168 Å². The van der Waals surface area contributed by atoms with Crippen molar-refractivity contribution in [1.29, 1.82) is 0 Å². The fourth-order valence-electron chi connectivity index (χ4n) is 2.19. The minimum atomic E-state index is 0. The first-order valence-corrected chi connectivity index (χ1v) is 8.69. The average molecular weight is 462 g/mol. The molecule has 142 valence electrons. The largest absolute Gasteiger partial charge is 0.492 e.